The molecule has 0 fully saturated rings. The highest BCUT2D eigenvalue weighted by Crippen LogP contribution is 2.24. The van der Waals surface area contributed by atoms with Crippen LogP contribution in [0.5, 0.6) is 0 Å². The Hall–Kier alpha value is -0.930. The summed E-state index contributed by atoms with van der Waals surface area (Å²) in [5, 5.41) is 3.44. The lowest BCUT2D eigenvalue weighted by molar-refractivity contribution is 0.417. The minimum atomic E-state index is -0.141. The molecule has 2 nitrogen and oxygen atoms in total. The molecule has 0 saturated carbocycles. The van der Waals surface area contributed by atoms with Gasteiger partial charge in [-0.15, -0.1) is 0 Å². The molecular weight excluding hydrogens is 239 g/mol. The lowest BCUT2D eigenvalue weighted by Crippen LogP contribution is -2.39. The Morgan fingerprint density at radius 2 is 1.84 bits per heavy atom. The maximum Gasteiger partial charge on any atom is 0.126 e. The fraction of sp³-hybridized carbons (Fsp3) is 0.625. The van der Waals surface area contributed by atoms with Crippen molar-refractivity contribution in [1.82, 2.24) is 5.32 Å². The molecule has 0 heterocycles. The predicted octanol–water partition coefficient (Wildman–Crippen LogP) is 3.13. The molecule has 108 valence electrons. The number of benzene rings is 1. The van der Waals surface area contributed by atoms with Crippen LogP contribution < -0.4 is 11.1 Å². The van der Waals surface area contributed by atoms with Crippen molar-refractivity contribution in [2.24, 2.45) is 5.73 Å². The van der Waals surface area contributed by atoms with Crippen LogP contribution in [-0.4, -0.2) is 18.6 Å². The van der Waals surface area contributed by atoms with Gasteiger partial charge in [0.1, 0.15) is 5.82 Å². The molecule has 0 saturated heterocycles. The van der Waals surface area contributed by atoms with Gasteiger partial charge in [-0.25, -0.2) is 4.39 Å². The van der Waals surface area contributed by atoms with Crippen LogP contribution in [0.15, 0.2) is 18.2 Å². The third-order valence-corrected chi connectivity index (χ3v) is 3.45. The monoisotopic (exact) mass is 266 g/mol. The van der Waals surface area contributed by atoms with Crippen molar-refractivity contribution in [2.45, 2.75) is 52.0 Å². The first-order valence-electron chi connectivity index (χ1n) is 6.88. The van der Waals surface area contributed by atoms with Gasteiger partial charge in [0.25, 0.3) is 0 Å². The van der Waals surface area contributed by atoms with Gasteiger partial charge in [0.2, 0.25) is 0 Å². The topological polar surface area (TPSA) is 38.0 Å². The van der Waals surface area contributed by atoms with Gasteiger partial charge in [-0.05, 0) is 50.9 Å². The zero-order chi connectivity index (χ0) is 14.7. The second-order valence-electron chi connectivity index (χ2n) is 6.76. The fourth-order valence-corrected chi connectivity index (χ4v) is 1.98. The van der Waals surface area contributed by atoms with Crippen LogP contribution in [-0.2, 0) is 5.41 Å². The number of hydrogen-bond acceptors (Lipinski definition) is 2. The summed E-state index contributed by atoms with van der Waals surface area (Å²) in [6.07, 6.45) is 0.936. The van der Waals surface area contributed by atoms with E-state index in [1.165, 1.54) is 0 Å². The van der Waals surface area contributed by atoms with E-state index >= 15 is 0 Å². The Labute approximate surface area is 116 Å². The molecule has 0 aliphatic carbocycles. The van der Waals surface area contributed by atoms with Crippen molar-refractivity contribution in [3.8, 4) is 0 Å². The van der Waals surface area contributed by atoms with Gasteiger partial charge >= 0.3 is 0 Å². The number of rotatable bonds is 6. The number of hydrogen-bond donors (Lipinski definition) is 2. The molecular formula is C16H27FN2. The van der Waals surface area contributed by atoms with Gasteiger partial charge in [0.05, 0.1) is 0 Å². The average Bonchev–Trinajstić information content (AvgIpc) is 2.27. The number of nitrogens with two attached hydrogens (primary N) is 1. The van der Waals surface area contributed by atoms with E-state index in [4.69, 9.17) is 5.73 Å². The second kappa shape index (κ2) is 6.02. The van der Waals surface area contributed by atoms with Gasteiger partial charge in [0.15, 0.2) is 0 Å². The van der Waals surface area contributed by atoms with Gasteiger partial charge in [-0.1, -0.05) is 26.0 Å². The second-order valence-corrected chi connectivity index (χ2v) is 6.76. The number of nitrogens with one attached hydrogen (secondary N) is 1. The van der Waals surface area contributed by atoms with Crippen LogP contribution in [0.3, 0.4) is 0 Å². The summed E-state index contributed by atoms with van der Waals surface area (Å²) in [7, 11) is 0. The molecule has 0 bridgehead atoms. The van der Waals surface area contributed by atoms with E-state index in [-0.39, 0.29) is 16.8 Å². The predicted molar refractivity (Wildman–Crippen MR) is 79.9 cm³/mol. The van der Waals surface area contributed by atoms with Crippen LogP contribution in [0.1, 0.15) is 45.2 Å². The molecule has 0 radical (unpaired) electrons. The zero-order valence-electron chi connectivity index (χ0n) is 12.8. The maximum atomic E-state index is 13.3. The molecule has 0 aromatic heterocycles. The van der Waals surface area contributed by atoms with Gasteiger partial charge in [0, 0.05) is 17.5 Å². The Morgan fingerprint density at radius 3 is 2.37 bits per heavy atom. The van der Waals surface area contributed by atoms with Gasteiger partial charge in [-0.2, -0.15) is 0 Å². The van der Waals surface area contributed by atoms with Crippen molar-refractivity contribution in [3.05, 3.63) is 35.1 Å². The third-order valence-electron chi connectivity index (χ3n) is 3.45. The summed E-state index contributed by atoms with van der Waals surface area (Å²) in [4.78, 5) is 0. The van der Waals surface area contributed by atoms with Crippen molar-refractivity contribution in [1.29, 1.82) is 0 Å². The largest absolute Gasteiger partial charge is 0.326 e. The van der Waals surface area contributed by atoms with Crippen LogP contribution in [0.25, 0.3) is 0 Å². The molecule has 19 heavy (non-hydrogen) atoms. The zero-order valence-corrected chi connectivity index (χ0v) is 12.8. The summed E-state index contributed by atoms with van der Waals surface area (Å²) >= 11 is 0. The summed E-state index contributed by atoms with van der Waals surface area (Å²) in [6, 6.07) is 5.36. The summed E-state index contributed by atoms with van der Waals surface area (Å²) in [6.45, 7) is 12.0. The summed E-state index contributed by atoms with van der Waals surface area (Å²) < 4.78 is 13.3. The quantitative estimate of drug-likeness (QED) is 0.776. The van der Waals surface area contributed by atoms with E-state index in [1.54, 1.807) is 13.0 Å². The minimum Gasteiger partial charge on any atom is -0.326 e. The van der Waals surface area contributed by atoms with E-state index in [0.717, 1.165) is 25.1 Å². The lowest BCUT2D eigenvalue weighted by atomic mass is 9.83. The van der Waals surface area contributed by atoms with E-state index < -0.39 is 0 Å². The van der Waals surface area contributed by atoms with Crippen LogP contribution in [0, 0.1) is 12.7 Å². The first-order chi connectivity index (χ1) is 8.62. The van der Waals surface area contributed by atoms with Crippen LogP contribution in [0.4, 0.5) is 4.39 Å². The Balaban J connectivity index is 2.58. The minimum absolute atomic E-state index is 0.0167. The van der Waals surface area contributed by atoms with Crippen LogP contribution in [0.2, 0.25) is 0 Å². The lowest BCUT2D eigenvalue weighted by Gasteiger charge is -2.27. The van der Waals surface area contributed by atoms with Crippen molar-refractivity contribution < 1.29 is 4.39 Å². The summed E-state index contributed by atoms with van der Waals surface area (Å²) in [5.74, 6) is -0.141. The average molecular weight is 266 g/mol. The molecule has 0 aliphatic rings. The van der Waals surface area contributed by atoms with E-state index in [0.29, 0.717) is 5.56 Å². The van der Waals surface area contributed by atoms with Crippen LogP contribution >= 0.6 is 0 Å². The summed E-state index contributed by atoms with van der Waals surface area (Å²) in [5.41, 5.74) is 7.66. The fourth-order valence-electron chi connectivity index (χ4n) is 1.98. The van der Waals surface area contributed by atoms with Crippen molar-refractivity contribution >= 4 is 0 Å². The Kier molecular flexibility index (Phi) is 5.11. The normalized spacial score (nSPS) is 12.8. The smallest absolute Gasteiger partial charge is 0.126 e. The molecule has 3 heteroatoms. The highest BCUT2D eigenvalue weighted by Gasteiger charge is 2.21. The Bertz CT molecular complexity index is 419. The molecule has 1 aromatic carbocycles. The van der Waals surface area contributed by atoms with Crippen molar-refractivity contribution in [2.75, 3.05) is 13.1 Å². The molecule has 0 spiro atoms. The molecule has 0 atom stereocenters. The number of halogens is 1. The molecule has 0 aliphatic heterocycles. The Morgan fingerprint density at radius 1 is 1.21 bits per heavy atom. The van der Waals surface area contributed by atoms with E-state index in [9.17, 15) is 4.39 Å². The third kappa shape index (κ3) is 5.29. The highest BCUT2D eigenvalue weighted by atomic mass is 19.1. The molecule has 1 rings (SSSR count). The molecule has 3 N–H and O–H groups in total. The molecule has 0 unspecified atom stereocenters. The van der Waals surface area contributed by atoms with Gasteiger partial charge in [-0.3, -0.25) is 0 Å². The molecule has 0 amide bonds. The van der Waals surface area contributed by atoms with E-state index in [1.807, 2.05) is 26.0 Å². The first kappa shape index (κ1) is 16.1. The van der Waals surface area contributed by atoms with Gasteiger partial charge < -0.3 is 11.1 Å². The molecule has 1 aromatic rings. The first-order valence-corrected chi connectivity index (χ1v) is 6.88. The SMILES string of the molecule is Cc1cc(C(C)(C)CNCCC(C)(C)N)ccc1F. The highest BCUT2D eigenvalue weighted by molar-refractivity contribution is 5.29. The number of aryl methyl sites for hydroxylation is 1. The van der Waals surface area contributed by atoms with Crippen molar-refractivity contribution in [3.63, 3.8) is 0 Å². The maximum absolute atomic E-state index is 13.3. The van der Waals surface area contributed by atoms with E-state index in [2.05, 4.69) is 19.2 Å². The standard InChI is InChI=1S/C16H27FN2/c1-12-10-13(6-7-14(12)17)15(2,3)11-19-9-8-16(4,5)18/h6-7,10,19H,8-9,11,18H2,1-5H3.